The highest BCUT2D eigenvalue weighted by Crippen LogP contribution is 2.20. The largest absolute Gasteiger partial charge is 0.497 e. The number of H-pyrrole nitrogens is 1. The molecular weight excluding hydrogens is 288 g/mol. The number of aromatic nitrogens is 2. The minimum Gasteiger partial charge on any atom is -0.497 e. The van der Waals surface area contributed by atoms with Gasteiger partial charge in [0.25, 0.3) is 5.56 Å². The zero-order valence-corrected chi connectivity index (χ0v) is 12.1. The normalized spacial score (nSPS) is 10.6. The molecule has 1 heterocycles. The number of nitrogens with zero attached hydrogens (tertiary/aromatic N) is 1. The third-order valence-corrected chi connectivity index (χ3v) is 3.46. The van der Waals surface area contributed by atoms with Crippen LogP contribution in [0.25, 0.3) is 16.9 Å². The van der Waals surface area contributed by atoms with Crippen LogP contribution in [0.5, 0.6) is 5.75 Å². The molecule has 0 atom stereocenters. The second kappa shape index (κ2) is 5.50. The third kappa shape index (κ3) is 2.71. The molecule has 1 N–H and O–H groups in total. The van der Waals surface area contributed by atoms with Gasteiger partial charge in [0.15, 0.2) is 0 Å². The fraction of sp³-hybridized carbons (Fsp3) is 0.0625. The highest BCUT2D eigenvalue weighted by atomic mass is 35.5. The van der Waals surface area contributed by atoms with Crippen LogP contribution >= 0.6 is 11.6 Å². The van der Waals surface area contributed by atoms with E-state index in [0.717, 1.165) is 22.7 Å². The summed E-state index contributed by atoms with van der Waals surface area (Å²) in [4.78, 5) is 12.1. The molecule has 0 saturated carbocycles. The van der Waals surface area contributed by atoms with Crippen molar-refractivity contribution in [2.24, 2.45) is 0 Å². The second-order valence-electron chi connectivity index (χ2n) is 4.55. The number of benzene rings is 2. The predicted molar refractivity (Wildman–Crippen MR) is 83.4 cm³/mol. The van der Waals surface area contributed by atoms with Crippen LogP contribution in [0.1, 0.15) is 0 Å². The Balaban J connectivity index is 2.00. The predicted octanol–water partition coefficient (Wildman–Crippen LogP) is 3.49. The first kappa shape index (κ1) is 13.5. The maximum atomic E-state index is 12.1. The van der Waals surface area contributed by atoms with Crippen molar-refractivity contribution in [3.05, 3.63) is 70.0 Å². The van der Waals surface area contributed by atoms with E-state index >= 15 is 0 Å². The molecule has 0 aliphatic carbocycles. The number of nitrogens with one attached hydrogen (secondary N) is 1. The maximum absolute atomic E-state index is 12.1. The van der Waals surface area contributed by atoms with Gasteiger partial charge >= 0.3 is 0 Å². The fourth-order valence-corrected chi connectivity index (χ4v) is 2.22. The quantitative estimate of drug-likeness (QED) is 0.805. The lowest BCUT2D eigenvalue weighted by molar-refractivity contribution is 0.415. The Morgan fingerprint density at radius 2 is 1.71 bits per heavy atom. The fourth-order valence-electron chi connectivity index (χ4n) is 2.10. The first-order chi connectivity index (χ1) is 10.2. The van der Waals surface area contributed by atoms with Crippen LogP contribution in [0.3, 0.4) is 0 Å². The van der Waals surface area contributed by atoms with Crippen molar-refractivity contribution in [3.63, 3.8) is 0 Å². The molecule has 0 aliphatic rings. The average molecular weight is 301 g/mol. The molecule has 21 heavy (non-hydrogen) atoms. The Kier molecular flexibility index (Phi) is 3.54. The standard InChI is InChI=1S/C16H13ClN2O2/c1-21-14-8-2-11(3-9-14)15-10-16(20)19(18-15)13-6-4-12(17)5-7-13/h2-10,18H,1H3. The number of rotatable bonds is 3. The van der Waals surface area contributed by atoms with E-state index < -0.39 is 0 Å². The van der Waals surface area contributed by atoms with Crippen molar-refractivity contribution in [2.75, 3.05) is 7.11 Å². The number of methoxy groups -OCH3 is 1. The van der Waals surface area contributed by atoms with Gasteiger partial charge in [-0.1, -0.05) is 11.6 Å². The number of halogens is 1. The van der Waals surface area contributed by atoms with Crippen LogP contribution in [0.4, 0.5) is 0 Å². The molecule has 0 radical (unpaired) electrons. The molecular formula is C16H13ClN2O2. The molecule has 4 nitrogen and oxygen atoms in total. The summed E-state index contributed by atoms with van der Waals surface area (Å²) in [7, 11) is 1.62. The lowest BCUT2D eigenvalue weighted by atomic mass is 10.1. The molecule has 0 unspecified atom stereocenters. The Bertz CT molecular complexity index is 802. The molecule has 0 fully saturated rings. The summed E-state index contributed by atoms with van der Waals surface area (Å²) in [6.07, 6.45) is 0. The van der Waals surface area contributed by atoms with E-state index in [4.69, 9.17) is 16.3 Å². The van der Waals surface area contributed by atoms with Crippen LogP contribution in [0, 0.1) is 0 Å². The molecule has 0 amide bonds. The molecule has 1 aromatic heterocycles. The monoisotopic (exact) mass is 300 g/mol. The van der Waals surface area contributed by atoms with Gasteiger partial charge < -0.3 is 4.74 Å². The molecule has 3 rings (SSSR count). The van der Waals surface area contributed by atoms with Crippen molar-refractivity contribution < 1.29 is 4.74 Å². The van der Waals surface area contributed by atoms with Gasteiger partial charge in [0, 0.05) is 11.1 Å². The first-order valence-electron chi connectivity index (χ1n) is 6.40. The average Bonchev–Trinajstić information content (AvgIpc) is 2.90. The molecule has 0 spiro atoms. The Morgan fingerprint density at radius 3 is 2.33 bits per heavy atom. The Hall–Kier alpha value is -2.46. The summed E-state index contributed by atoms with van der Waals surface area (Å²) in [5.74, 6) is 0.776. The van der Waals surface area contributed by atoms with Crippen molar-refractivity contribution in [1.82, 2.24) is 9.78 Å². The zero-order chi connectivity index (χ0) is 14.8. The first-order valence-corrected chi connectivity index (χ1v) is 6.77. The van der Waals surface area contributed by atoms with Crippen LogP contribution in [0.15, 0.2) is 59.4 Å². The molecule has 0 aliphatic heterocycles. The topological polar surface area (TPSA) is 47.0 Å². The Morgan fingerprint density at radius 1 is 1.05 bits per heavy atom. The van der Waals surface area contributed by atoms with Crippen molar-refractivity contribution in [1.29, 1.82) is 0 Å². The van der Waals surface area contributed by atoms with E-state index in [2.05, 4.69) is 5.10 Å². The lowest BCUT2D eigenvalue weighted by Crippen LogP contribution is -2.13. The number of aromatic amines is 1. The summed E-state index contributed by atoms with van der Waals surface area (Å²) in [6.45, 7) is 0. The smallest absolute Gasteiger partial charge is 0.271 e. The van der Waals surface area contributed by atoms with E-state index in [1.165, 1.54) is 4.68 Å². The van der Waals surface area contributed by atoms with Crippen LogP contribution in [-0.2, 0) is 0 Å². The molecule has 5 heteroatoms. The van der Waals surface area contributed by atoms with E-state index in [-0.39, 0.29) is 5.56 Å². The van der Waals surface area contributed by atoms with Gasteiger partial charge in [-0.05, 0) is 54.1 Å². The molecule has 106 valence electrons. The van der Waals surface area contributed by atoms with E-state index in [1.807, 2.05) is 24.3 Å². The van der Waals surface area contributed by atoms with E-state index in [1.54, 1.807) is 37.4 Å². The third-order valence-electron chi connectivity index (χ3n) is 3.21. The highest BCUT2D eigenvalue weighted by Gasteiger charge is 2.07. The molecule has 3 aromatic rings. The zero-order valence-electron chi connectivity index (χ0n) is 11.3. The molecule has 0 bridgehead atoms. The van der Waals surface area contributed by atoms with Gasteiger partial charge in [-0.3, -0.25) is 9.89 Å². The van der Waals surface area contributed by atoms with Crippen molar-refractivity contribution >= 4 is 11.6 Å². The highest BCUT2D eigenvalue weighted by molar-refractivity contribution is 6.30. The molecule has 0 saturated heterocycles. The maximum Gasteiger partial charge on any atom is 0.271 e. The summed E-state index contributed by atoms with van der Waals surface area (Å²) >= 11 is 5.86. The van der Waals surface area contributed by atoms with Crippen LogP contribution in [0.2, 0.25) is 5.02 Å². The summed E-state index contributed by atoms with van der Waals surface area (Å²) in [5.41, 5.74) is 2.28. The summed E-state index contributed by atoms with van der Waals surface area (Å²) in [5, 5.41) is 3.72. The van der Waals surface area contributed by atoms with Gasteiger partial charge in [-0.15, -0.1) is 0 Å². The number of ether oxygens (including phenoxy) is 1. The Labute approximate surface area is 126 Å². The van der Waals surface area contributed by atoms with Gasteiger partial charge in [0.2, 0.25) is 0 Å². The second-order valence-corrected chi connectivity index (χ2v) is 4.98. The van der Waals surface area contributed by atoms with E-state index in [0.29, 0.717) is 5.02 Å². The van der Waals surface area contributed by atoms with Crippen LogP contribution < -0.4 is 10.3 Å². The van der Waals surface area contributed by atoms with Gasteiger partial charge in [0.1, 0.15) is 5.75 Å². The SMILES string of the molecule is COc1ccc(-c2cc(=O)n(-c3ccc(Cl)cc3)[nH]2)cc1. The lowest BCUT2D eigenvalue weighted by Gasteiger charge is -2.03. The number of hydrogen-bond acceptors (Lipinski definition) is 2. The van der Waals surface area contributed by atoms with Gasteiger partial charge in [0.05, 0.1) is 18.5 Å². The van der Waals surface area contributed by atoms with Crippen LogP contribution in [-0.4, -0.2) is 16.9 Å². The van der Waals surface area contributed by atoms with Crippen molar-refractivity contribution in [2.45, 2.75) is 0 Å². The minimum atomic E-state index is -0.122. The minimum absolute atomic E-state index is 0.122. The molecule has 2 aromatic carbocycles. The van der Waals surface area contributed by atoms with Gasteiger partial charge in [-0.25, -0.2) is 4.68 Å². The summed E-state index contributed by atoms with van der Waals surface area (Å²) < 4.78 is 6.61. The number of hydrogen-bond donors (Lipinski definition) is 1. The summed E-state index contributed by atoms with van der Waals surface area (Å²) in [6, 6.07) is 16.1. The van der Waals surface area contributed by atoms with E-state index in [9.17, 15) is 4.79 Å². The van der Waals surface area contributed by atoms with Crippen molar-refractivity contribution in [3.8, 4) is 22.7 Å². The van der Waals surface area contributed by atoms with Gasteiger partial charge in [-0.2, -0.15) is 0 Å².